The number of nitrogens with zero attached hydrogens (tertiary/aromatic N) is 1. The number of rotatable bonds is 4. The molecule has 1 aliphatic heterocycles. The number of fused-ring (bicyclic) bond motifs is 1. The summed E-state index contributed by atoms with van der Waals surface area (Å²) >= 11 is 7.74. The largest absolute Gasteiger partial charge is 0.494 e. The van der Waals surface area contributed by atoms with Crippen LogP contribution in [0, 0.1) is 0 Å². The molecule has 7 heteroatoms. The first-order valence-corrected chi connectivity index (χ1v) is 9.74. The van der Waals surface area contributed by atoms with E-state index in [0.717, 1.165) is 22.2 Å². The molecule has 138 valence electrons. The molecule has 0 aliphatic carbocycles. The maximum Gasteiger partial charge on any atom is 0.267 e. The number of halogens is 1. The SMILES string of the molecule is COc1cc(NC(=O)c2sc3ccccc3c2Cl)ccc1N1CCCC1=O. The van der Waals surface area contributed by atoms with Crippen LogP contribution in [0.2, 0.25) is 5.02 Å². The normalized spacial score (nSPS) is 14.0. The van der Waals surface area contributed by atoms with Crippen molar-refractivity contribution >= 4 is 56.2 Å². The number of carbonyl (C=O) groups excluding carboxylic acids is 2. The van der Waals surface area contributed by atoms with Crippen molar-refractivity contribution in [2.24, 2.45) is 0 Å². The molecule has 1 N–H and O–H groups in total. The van der Waals surface area contributed by atoms with Crippen LogP contribution < -0.4 is 15.0 Å². The van der Waals surface area contributed by atoms with Crippen LogP contribution in [0.4, 0.5) is 11.4 Å². The Bertz CT molecular complexity index is 1050. The van der Waals surface area contributed by atoms with Crippen LogP contribution in [0.5, 0.6) is 5.75 Å². The molecule has 0 radical (unpaired) electrons. The van der Waals surface area contributed by atoms with Gasteiger partial charge in [0.05, 0.1) is 17.8 Å². The second kappa shape index (κ2) is 7.21. The lowest BCUT2D eigenvalue weighted by molar-refractivity contribution is -0.117. The van der Waals surface area contributed by atoms with Crippen LogP contribution in [-0.2, 0) is 4.79 Å². The molecule has 1 aliphatic rings. The van der Waals surface area contributed by atoms with Crippen molar-refractivity contribution in [2.45, 2.75) is 12.8 Å². The van der Waals surface area contributed by atoms with E-state index < -0.39 is 0 Å². The van der Waals surface area contributed by atoms with E-state index in [-0.39, 0.29) is 11.8 Å². The molecule has 0 saturated carbocycles. The van der Waals surface area contributed by atoms with E-state index in [0.29, 0.717) is 34.3 Å². The van der Waals surface area contributed by atoms with Crippen LogP contribution in [0.1, 0.15) is 22.5 Å². The minimum absolute atomic E-state index is 0.0853. The van der Waals surface area contributed by atoms with Crippen molar-refractivity contribution in [3.05, 3.63) is 52.4 Å². The Morgan fingerprint density at radius 2 is 2.07 bits per heavy atom. The predicted octanol–water partition coefficient (Wildman–Crippen LogP) is 4.94. The van der Waals surface area contributed by atoms with Gasteiger partial charge in [0.15, 0.2) is 0 Å². The summed E-state index contributed by atoms with van der Waals surface area (Å²) in [4.78, 5) is 26.9. The summed E-state index contributed by atoms with van der Waals surface area (Å²) in [5.41, 5.74) is 1.30. The Labute approximate surface area is 165 Å². The van der Waals surface area contributed by atoms with Gasteiger partial charge in [-0.2, -0.15) is 0 Å². The van der Waals surface area contributed by atoms with Crippen molar-refractivity contribution < 1.29 is 14.3 Å². The van der Waals surface area contributed by atoms with E-state index in [4.69, 9.17) is 16.3 Å². The second-order valence-corrected chi connectivity index (χ2v) is 7.66. The van der Waals surface area contributed by atoms with Gasteiger partial charge in [-0.05, 0) is 24.6 Å². The zero-order valence-electron chi connectivity index (χ0n) is 14.6. The molecule has 1 aromatic heterocycles. The van der Waals surface area contributed by atoms with Gasteiger partial charge in [-0.1, -0.05) is 29.8 Å². The number of ether oxygens (including phenoxy) is 1. The molecule has 0 spiro atoms. The first-order chi connectivity index (χ1) is 13.1. The third-order valence-corrected chi connectivity index (χ3v) is 6.22. The minimum atomic E-state index is -0.270. The topological polar surface area (TPSA) is 58.6 Å². The van der Waals surface area contributed by atoms with Crippen molar-refractivity contribution in [3.63, 3.8) is 0 Å². The highest BCUT2D eigenvalue weighted by atomic mass is 35.5. The van der Waals surface area contributed by atoms with Crippen LogP contribution in [-0.4, -0.2) is 25.5 Å². The van der Waals surface area contributed by atoms with Crippen LogP contribution in [0.15, 0.2) is 42.5 Å². The molecular weight excluding hydrogens is 384 g/mol. The number of methoxy groups -OCH3 is 1. The Kier molecular flexibility index (Phi) is 4.76. The lowest BCUT2D eigenvalue weighted by Crippen LogP contribution is -2.24. The number of amides is 2. The summed E-state index contributed by atoms with van der Waals surface area (Å²) < 4.78 is 6.40. The highest BCUT2D eigenvalue weighted by Crippen LogP contribution is 2.37. The van der Waals surface area contributed by atoms with E-state index in [1.807, 2.05) is 24.3 Å². The van der Waals surface area contributed by atoms with Crippen molar-refractivity contribution in [3.8, 4) is 5.75 Å². The number of nitrogens with one attached hydrogen (secondary N) is 1. The quantitative estimate of drug-likeness (QED) is 0.674. The smallest absolute Gasteiger partial charge is 0.267 e. The average molecular weight is 401 g/mol. The van der Waals surface area contributed by atoms with Crippen LogP contribution in [0.25, 0.3) is 10.1 Å². The lowest BCUT2D eigenvalue weighted by atomic mass is 10.2. The van der Waals surface area contributed by atoms with Gasteiger partial charge in [0.1, 0.15) is 10.6 Å². The third kappa shape index (κ3) is 3.26. The zero-order chi connectivity index (χ0) is 19.0. The number of hydrogen-bond acceptors (Lipinski definition) is 4. The molecule has 0 unspecified atom stereocenters. The Hall–Kier alpha value is -2.57. The summed E-state index contributed by atoms with van der Waals surface area (Å²) in [6.07, 6.45) is 1.39. The van der Waals surface area contributed by atoms with E-state index >= 15 is 0 Å². The first kappa shape index (κ1) is 17.8. The maximum atomic E-state index is 12.7. The van der Waals surface area contributed by atoms with Gasteiger partial charge in [0.25, 0.3) is 5.91 Å². The van der Waals surface area contributed by atoms with Gasteiger partial charge in [-0.15, -0.1) is 11.3 Å². The summed E-state index contributed by atoms with van der Waals surface area (Å²) in [6, 6.07) is 12.9. The second-order valence-electron chi connectivity index (χ2n) is 6.23. The molecule has 2 heterocycles. The van der Waals surface area contributed by atoms with E-state index in [1.54, 1.807) is 30.2 Å². The minimum Gasteiger partial charge on any atom is -0.494 e. The Morgan fingerprint density at radius 3 is 2.78 bits per heavy atom. The molecule has 5 nitrogen and oxygen atoms in total. The van der Waals surface area contributed by atoms with E-state index in [2.05, 4.69) is 5.32 Å². The monoisotopic (exact) mass is 400 g/mol. The molecule has 4 rings (SSSR count). The summed E-state index contributed by atoms with van der Waals surface area (Å²) in [5.74, 6) is 0.362. The van der Waals surface area contributed by atoms with Gasteiger partial charge in [-0.3, -0.25) is 9.59 Å². The standard InChI is InChI=1S/C20H17ClN2O3S/c1-26-15-11-12(8-9-14(15)23-10-4-7-17(23)24)22-20(25)19-18(21)13-5-2-3-6-16(13)27-19/h2-3,5-6,8-9,11H,4,7,10H2,1H3,(H,22,25). The fraction of sp³-hybridized carbons (Fsp3) is 0.200. The van der Waals surface area contributed by atoms with E-state index in [9.17, 15) is 9.59 Å². The van der Waals surface area contributed by atoms with Crippen LogP contribution in [0.3, 0.4) is 0 Å². The molecule has 2 aromatic carbocycles. The van der Waals surface area contributed by atoms with Crippen molar-refractivity contribution in [2.75, 3.05) is 23.9 Å². The fourth-order valence-corrected chi connectivity index (χ4v) is 4.64. The van der Waals surface area contributed by atoms with Gasteiger partial charge < -0.3 is 15.0 Å². The number of anilines is 2. The average Bonchev–Trinajstić information content (AvgIpc) is 3.25. The Morgan fingerprint density at radius 1 is 1.26 bits per heavy atom. The van der Waals surface area contributed by atoms with E-state index in [1.165, 1.54) is 11.3 Å². The molecule has 1 saturated heterocycles. The molecule has 1 fully saturated rings. The Balaban J connectivity index is 1.61. The fourth-order valence-electron chi connectivity index (χ4n) is 3.23. The molecule has 0 bridgehead atoms. The maximum absolute atomic E-state index is 12.7. The lowest BCUT2D eigenvalue weighted by Gasteiger charge is -2.19. The summed E-state index contributed by atoms with van der Waals surface area (Å²) in [7, 11) is 1.55. The molecular formula is C20H17ClN2O3S. The summed E-state index contributed by atoms with van der Waals surface area (Å²) in [5, 5.41) is 4.20. The molecule has 0 atom stereocenters. The first-order valence-electron chi connectivity index (χ1n) is 8.55. The highest BCUT2D eigenvalue weighted by Gasteiger charge is 2.25. The third-order valence-electron chi connectivity index (χ3n) is 4.54. The zero-order valence-corrected chi connectivity index (χ0v) is 16.2. The number of carbonyl (C=O) groups is 2. The molecule has 3 aromatic rings. The molecule has 27 heavy (non-hydrogen) atoms. The number of thiophene rings is 1. The van der Waals surface area contributed by atoms with Crippen molar-refractivity contribution in [1.82, 2.24) is 0 Å². The van der Waals surface area contributed by atoms with Gasteiger partial charge >= 0.3 is 0 Å². The van der Waals surface area contributed by atoms with Gasteiger partial charge in [-0.25, -0.2) is 0 Å². The number of benzene rings is 2. The van der Waals surface area contributed by atoms with Gasteiger partial charge in [0.2, 0.25) is 5.91 Å². The van der Waals surface area contributed by atoms with Crippen molar-refractivity contribution in [1.29, 1.82) is 0 Å². The van der Waals surface area contributed by atoms with Gasteiger partial charge in [0, 0.05) is 34.8 Å². The number of hydrogen-bond donors (Lipinski definition) is 1. The predicted molar refractivity (Wildman–Crippen MR) is 109 cm³/mol. The summed E-state index contributed by atoms with van der Waals surface area (Å²) in [6.45, 7) is 0.679. The van der Waals surface area contributed by atoms with Crippen LogP contribution >= 0.6 is 22.9 Å². The highest BCUT2D eigenvalue weighted by molar-refractivity contribution is 7.21. The molecule has 2 amide bonds.